The normalized spacial score (nSPS) is 24.4. The number of rotatable bonds is 2. The predicted molar refractivity (Wildman–Crippen MR) is 104 cm³/mol. The van der Waals surface area contributed by atoms with Crippen LogP contribution in [0.1, 0.15) is 63.5 Å². The molecule has 0 spiro atoms. The minimum atomic E-state index is -2.90. The monoisotopic (exact) mass is 344 g/mol. The second-order valence-corrected chi connectivity index (χ2v) is 7.67. The Bertz CT molecular complexity index is 974. The van der Waals surface area contributed by atoms with Crippen LogP contribution in [-0.4, -0.2) is 23.3 Å². The van der Waals surface area contributed by atoms with Gasteiger partial charge in [-0.05, 0) is 62.3 Å². The van der Waals surface area contributed by atoms with Gasteiger partial charge in [0.1, 0.15) is 0 Å². The Balaban J connectivity index is 2.33. The standard InChI is InChI=1S/C21H28BNO2/c1-19(2,3)16-12-15(18-10-8-9-11-23-18)13-17(14-16)22-24-20(4,5)21(6,7)25-22/h8-14H,1-7H3/i1D3,2D3,14D. The van der Waals surface area contributed by atoms with Gasteiger partial charge in [-0.1, -0.05) is 38.8 Å². The van der Waals surface area contributed by atoms with Crippen LogP contribution in [0.15, 0.2) is 42.6 Å². The molecule has 3 rings (SSSR count). The molecule has 0 aliphatic carbocycles. The first kappa shape index (κ1) is 11.1. The second kappa shape index (κ2) is 5.96. The van der Waals surface area contributed by atoms with Crippen molar-refractivity contribution in [3.8, 4) is 11.3 Å². The van der Waals surface area contributed by atoms with Gasteiger partial charge in [0.15, 0.2) is 0 Å². The van der Waals surface area contributed by atoms with E-state index in [1.54, 1.807) is 30.5 Å². The first-order valence-corrected chi connectivity index (χ1v) is 8.34. The Morgan fingerprint density at radius 3 is 2.36 bits per heavy atom. The summed E-state index contributed by atoms with van der Waals surface area (Å²) in [6.45, 7) is 2.85. The van der Waals surface area contributed by atoms with Crippen molar-refractivity contribution in [2.24, 2.45) is 0 Å². The maximum Gasteiger partial charge on any atom is 0.494 e. The highest BCUT2D eigenvalue weighted by Gasteiger charge is 2.51. The van der Waals surface area contributed by atoms with Gasteiger partial charge < -0.3 is 9.31 Å². The van der Waals surface area contributed by atoms with Gasteiger partial charge in [0, 0.05) is 20.0 Å². The third kappa shape index (κ3) is 3.51. The van der Waals surface area contributed by atoms with E-state index in [2.05, 4.69) is 4.98 Å². The van der Waals surface area contributed by atoms with Gasteiger partial charge >= 0.3 is 7.12 Å². The van der Waals surface area contributed by atoms with E-state index in [1.807, 2.05) is 27.7 Å². The quantitative estimate of drug-likeness (QED) is 0.759. The Morgan fingerprint density at radius 2 is 1.80 bits per heavy atom. The molecule has 0 saturated carbocycles. The van der Waals surface area contributed by atoms with Crippen molar-refractivity contribution < 1.29 is 18.9 Å². The molecule has 2 heterocycles. The molecule has 1 aliphatic rings. The van der Waals surface area contributed by atoms with Gasteiger partial charge in [-0.25, -0.2) is 0 Å². The first-order valence-electron chi connectivity index (χ1n) is 11.8. The molecule has 1 aromatic carbocycles. The van der Waals surface area contributed by atoms with Gasteiger partial charge in [-0.15, -0.1) is 0 Å². The molecule has 4 heteroatoms. The van der Waals surface area contributed by atoms with Crippen LogP contribution in [0, 0.1) is 0 Å². The molecule has 0 amide bonds. The lowest BCUT2D eigenvalue weighted by molar-refractivity contribution is 0.00578. The molecule has 132 valence electrons. The molecule has 1 aliphatic heterocycles. The fourth-order valence-corrected chi connectivity index (χ4v) is 2.64. The van der Waals surface area contributed by atoms with Crippen LogP contribution in [0.4, 0.5) is 0 Å². The highest BCUT2D eigenvalue weighted by molar-refractivity contribution is 6.62. The Morgan fingerprint density at radius 1 is 1.12 bits per heavy atom. The molecular weight excluding hydrogens is 309 g/mol. The summed E-state index contributed by atoms with van der Waals surface area (Å²) < 4.78 is 69.5. The van der Waals surface area contributed by atoms with Gasteiger partial charge in [-0.2, -0.15) is 0 Å². The van der Waals surface area contributed by atoms with Crippen LogP contribution in [0.5, 0.6) is 0 Å². The summed E-state index contributed by atoms with van der Waals surface area (Å²) in [5.41, 5.74) is -2.52. The maximum atomic E-state index is 8.86. The third-order valence-corrected chi connectivity index (χ3v) is 4.90. The number of pyridine rings is 1. The zero-order valence-corrected chi connectivity index (χ0v) is 15.3. The average molecular weight is 344 g/mol. The molecule has 0 N–H and O–H groups in total. The van der Waals surface area contributed by atoms with Crippen LogP contribution in [-0.2, 0) is 14.7 Å². The first-order chi connectivity index (χ1) is 14.4. The molecule has 1 fully saturated rings. The molecule has 1 saturated heterocycles. The van der Waals surface area contributed by atoms with E-state index in [4.69, 9.17) is 18.9 Å². The van der Waals surface area contributed by atoms with Crippen molar-refractivity contribution in [1.29, 1.82) is 0 Å². The fraction of sp³-hybridized carbons (Fsp3) is 0.476. The lowest BCUT2D eigenvalue weighted by atomic mass is 9.74. The lowest BCUT2D eigenvalue weighted by Crippen LogP contribution is -2.41. The summed E-state index contributed by atoms with van der Waals surface area (Å²) in [5, 5.41) is 0. The average Bonchev–Trinajstić information content (AvgIpc) is 2.87. The van der Waals surface area contributed by atoms with Gasteiger partial charge in [0.25, 0.3) is 0 Å². The highest BCUT2D eigenvalue weighted by atomic mass is 16.7. The fourth-order valence-electron chi connectivity index (χ4n) is 2.64. The topological polar surface area (TPSA) is 31.4 Å². The van der Waals surface area contributed by atoms with Crippen LogP contribution < -0.4 is 5.46 Å². The van der Waals surface area contributed by atoms with Crippen LogP contribution in [0.25, 0.3) is 11.3 Å². The van der Waals surface area contributed by atoms with E-state index in [0.29, 0.717) is 11.3 Å². The van der Waals surface area contributed by atoms with E-state index in [9.17, 15) is 0 Å². The Kier molecular flexibility index (Phi) is 2.66. The molecule has 0 radical (unpaired) electrons. The summed E-state index contributed by atoms with van der Waals surface area (Å²) >= 11 is 0. The van der Waals surface area contributed by atoms with E-state index < -0.39 is 37.4 Å². The van der Waals surface area contributed by atoms with Crippen LogP contribution >= 0.6 is 0 Å². The summed E-state index contributed by atoms with van der Waals surface area (Å²) in [6.07, 6.45) is 1.59. The van der Waals surface area contributed by atoms with E-state index in [1.165, 1.54) is 6.07 Å². The molecule has 0 atom stereocenters. The maximum absolute atomic E-state index is 8.86. The summed E-state index contributed by atoms with van der Waals surface area (Å²) in [4.78, 5) is 4.33. The SMILES string of the molecule is [2H]c1c(B2OC(C)(C)C(C)(C)O2)cc(-c2ccccn2)cc1C(C)(C([2H])([2H])[2H])C([2H])([2H])[2H]. The summed E-state index contributed by atoms with van der Waals surface area (Å²) in [6, 6.07) is 8.13. The molecule has 25 heavy (non-hydrogen) atoms. The third-order valence-electron chi connectivity index (χ3n) is 4.90. The number of nitrogens with zero attached hydrogens (tertiary/aromatic N) is 1. The van der Waals surface area contributed by atoms with E-state index >= 15 is 0 Å². The van der Waals surface area contributed by atoms with Crippen molar-refractivity contribution in [3.05, 3.63) is 48.1 Å². The van der Waals surface area contributed by atoms with Gasteiger partial charge in [0.05, 0.1) is 18.3 Å². The zero-order chi connectivity index (χ0) is 24.3. The van der Waals surface area contributed by atoms with Crippen molar-refractivity contribution in [3.63, 3.8) is 0 Å². The largest absolute Gasteiger partial charge is 0.494 e. The van der Waals surface area contributed by atoms with Crippen LogP contribution in [0.3, 0.4) is 0 Å². The Labute approximate surface area is 161 Å². The predicted octanol–water partition coefficient (Wildman–Crippen LogP) is 4.35. The minimum Gasteiger partial charge on any atom is -0.399 e. The minimum absolute atomic E-state index is 0.120. The van der Waals surface area contributed by atoms with Crippen molar-refractivity contribution >= 4 is 12.6 Å². The van der Waals surface area contributed by atoms with E-state index in [-0.39, 0.29) is 17.1 Å². The number of benzene rings is 1. The molecule has 3 nitrogen and oxygen atoms in total. The molecule has 0 unspecified atom stereocenters. The van der Waals surface area contributed by atoms with Crippen LogP contribution in [0.2, 0.25) is 0 Å². The summed E-state index contributed by atoms with van der Waals surface area (Å²) in [5.74, 6) is 0. The molecule has 2 aromatic rings. The van der Waals surface area contributed by atoms with Gasteiger partial charge in [-0.3, -0.25) is 4.98 Å². The molecular formula is C21H28BNO2. The highest BCUT2D eigenvalue weighted by Crippen LogP contribution is 2.37. The zero-order valence-electron chi connectivity index (χ0n) is 22.3. The number of aromatic nitrogens is 1. The van der Waals surface area contributed by atoms with E-state index in [0.717, 1.165) is 6.92 Å². The number of hydrogen-bond acceptors (Lipinski definition) is 3. The van der Waals surface area contributed by atoms with Crippen molar-refractivity contribution in [1.82, 2.24) is 4.98 Å². The second-order valence-electron chi connectivity index (χ2n) is 7.67. The lowest BCUT2D eigenvalue weighted by Gasteiger charge is -2.32. The van der Waals surface area contributed by atoms with Gasteiger partial charge in [0.2, 0.25) is 0 Å². The molecule has 1 aromatic heterocycles. The van der Waals surface area contributed by atoms with Crippen molar-refractivity contribution in [2.75, 3.05) is 0 Å². The Hall–Kier alpha value is -1.65. The number of hydrogen-bond donors (Lipinski definition) is 0. The smallest absolute Gasteiger partial charge is 0.399 e. The molecule has 0 bridgehead atoms. The summed E-state index contributed by atoms with van der Waals surface area (Å²) in [7, 11) is -0.965. The van der Waals surface area contributed by atoms with Crippen molar-refractivity contribution in [2.45, 2.75) is 64.9 Å².